The van der Waals surface area contributed by atoms with Gasteiger partial charge in [0.1, 0.15) is 0 Å². The maximum absolute atomic E-state index is 2.46. The Kier molecular flexibility index (Phi) is 15.5. The number of hydrogen-bond donors (Lipinski definition) is 0. The molecule has 0 aliphatic heterocycles. The maximum atomic E-state index is 2.46. The van der Waals surface area contributed by atoms with Crippen molar-refractivity contribution in [2.75, 3.05) is 0 Å². The van der Waals surface area contributed by atoms with Gasteiger partial charge in [-0.15, -0.1) is 68.0 Å². The summed E-state index contributed by atoms with van der Waals surface area (Å²) in [5.74, 6) is 0. The van der Waals surface area contributed by atoms with Crippen molar-refractivity contribution in [1.82, 2.24) is 0 Å². The van der Waals surface area contributed by atoms with Crippen molar-refractivity contribution < 1.29 is 0 Å². The van der Waals surface area contributed by atoms with Crippen LogP contribution in [0.25, 0.3) is 51.5 Å². The Labute approximate surface area is 326 Å². The number of unbranched alkanes of at least 4 members (excludes halogenated alkanes) is 14. The third kappa shape index (κ3) is 9.99. The summed E-state index contributed by atoms with van der Waals surface area (Å²) < 4.78 is 0. The molecular formula is C44H54S6. The van der Waals surface area contributed by atoms with Crippen LogP contribution in [0.15, 0.2) is 68.7 Å². The molecule has 266 valence electrons. The van der Waals surface area contributed by atoms with Crippen LogP contribution in [0.4, 0.5) is 0 Å². The molecule has 0 aliphatic carbocycles. The first-order valence-corrected chi connectivity index (χ1v) is 24.5. The number of hydrogen-bond acceptors (Lipinski definition) is 6. The summed E-state index contributed by atoms with van der Waals surface area (Å²) in [7, 11) is 0. The van der Waals surface area contributed by atoms with Crippen LogP contribution in [0.1, 0.15) is 128 Å². The first-order chi connectivity index (χ1) is 24.8. The standard InChI is InChI=1S/C44H54S6/c1-3-5-7-9-11-13-15-17-19-33-21-26-45-40(33)35-31-39(50-32-35)36-23-28-47-42(36)38-25-30-49-44(38)43-37(24-29-48-43)41-34(22-27-46-41)20-18-16-14-12-10-8-6-4-2/h21-32H,3-20H2,1-2H3. The van der Waals surface area contributed by atoms with E-state index in [0.717, 1.165) is 0 Å². The zero-order valence-corrected chi connectivity index (χ0v) is 35.0. The molecule has 0 spiro atoms. The van der Waals surface area contributed by atoms with Gasteiger partial charge in [-0.25, -0.2) is 0 Å². The van der Waals surface area contributed by atoms with E-state index in [1.165, 1.54) is 178 Å². The monoisotopic (exact) mass is 774 g/mol. The molecule has 50 heavy (non-hydrogen) atoms. The van der Waals surface area contributed by atoms with Crippen molar-refractivity contribution in [3.8, 4) is 51.5 Å². The molecule has 0 bridgehead atoms. The van der Waals surface area contributed by atoms with Gasteiger partial charge in [0.25, 0.3) is 0 Å². The van der Waals surface area contributed by atoms with E-state index in [1.54, 1.807) is 0 Å². The molecule has 6 aromatic heterocycles. The molecule has 0 saturated carbocycles. The molecule has 0 saturated heterocycles. The first kappa shape index (κ1) is 37.9. The van der Waals surface area contributed by atoms with Gasteiger partial charge in [0.2, 0.25) is 0 Å². The van der Waals surface area contributed by atoms with Gasteiger partial charge < -0.3 is 0 Å². The predicted molar refractivity (Wildman–Crippen MR) is 234 cm³/mol. The second-order valence-electron chi connectivity index (χ2n) is 13.7. The summed E-state index contributed by atoms with van der Waals surface area (Å²) in [6, 6.07) is 14.3. The van der Waals surface area contributed by atoms with E-state index in [-0.39, 0.29) is 0 Å². The smallest absolute Gasteiger partial charge is 0.0535 e. The average Bonchev–Trinajstić information content (AvgIpc) is 3.97. The summed E-state index contributed by atoms with van der Waals surface area (Å²) >= 11 is 11.5. The minimum atomic E-state index is 1.20. The lowest BCUT2D eigenvalue weighted by atomic mass is 10.0. The van der Waals surface area contributed by atoms with Crippen LogP contribution < -0.4 is 0 Å². The lowest BCUT2D eigenvalue weighted by Gasteiger charge is -2.08. The minimum absolute atomic E-state index is 1.20. The maximum Gasteiger partial charge on any atom is 0.0535 e. The Morgan fingerprint density at radius 3 is 1.38 bits per heavy atom. The molecular weight excluding hydrogens is 721 g/mol. The molecule has 0 aromatic carbocycles. The van der Waals surface area contributed by atoms with Crippen LogP contribution >= 0.6 is 68.0 Å². The Balaban J connectivity index is 1.12. The molecule has 0 atom stereocenters. The van der Waals surface area contributed by atoms with Crippen molar-refractivity contribution in [1.29, 1.82) is 0 Å². The highest BCUT2D eigenvalue weighted by atomic mass is 32.1. The molecule has 0 nitrogen and oxygen atoms in total. The van der Waals surface area contributed by atoms with Gasteiger partial charge in [0.15, 0.2) is 0 Å². The number of thiophene rings is 6. The van der Waals surface area contributed by atoms with E-state index in [1.807, 2.05) is 68.0 Å². The van der Waals surface area contributed by atoms with Crippen LogP contribution in [-0.2, 0) is 12.8 Å². The number of aryl methyl sites for hydroxylation is 2. The van der Waals surface area contributed by atoms with E-state index >= 15 is 0 Å². The van der Waals surface area contributed by atoms with E-state index in [2.05, 4.69) is 82.5 Å². The summed E-state index contributed by atoms with van der Waals surface area (Å²) in [5, 5.41) is 13.9. The lowest BCUT2D eigenvalue weighted by molar-refractivity contribution is 0.576. The quantitative estimate of drug-likeness (QED) is 0.0569. The van der Waals surface area contributed by atoms with Gasteiger partial charge in [-0.05, 0) is 100 Å². The molecule has 0 unspecified atom stereocenters. The second kappa shape index (κ2) is 20.4. The van der Waals surface area contributed by atoms with Crippen molar-refractivity contribution in [2.24, 2.45) is 0 Å². The third-order valence-electron chi connectivity index (χ3n) is 9.91. The van der Waals surface area contributed by atoms with E-state index in [4.69, 9.17) is 0 Å². The van der Waals surface area contributed by atoms with Crippen LogP contribution in [0.2, 0.25) is 0 Å². The van der Waals surface area contributed by atoms with Crippen molar-refractivity contribution in [3.05, 3.63) is 79.8 Å². The summed E-state index contributed by atoms with van der Waals surface area (Å²) in [4.78, 5) is 8.61. The molecule has 6 heterocycles. The van der Waals surface area contributed by atoms with Crippen molar-refractivity contribution >= 4 is 68.0 Å². The Hall–Kier alpha value is -1.80. The normalized spacial score (nSPS) is 11.6. The van der Waals surface area contributed by atoms with Gasteiger partial charge in [0, 0.05) is 47.1 Å². The van der Waals surface area contributed by atoms with Gasteiger partial charge in [0.05, 0.1) is 9.75 Å². The van der Waals surface area contributed by atoms with Crippen LogP contribution in [-0.4, -0.2) is 0 Å². The van der Waals surface area contributed by atoms with Gasteiger partial charge in [-0.1, -0.05) is 104 Å². The lowest BCUT2D eigenvalue weighted by Crippen LogP contribution is -1.87. The summed E-state index contributed by atoms with van der Waals surface area (Å²) in [6.45, 7) is 4.60. The topological polar surface area (TPSA) is 0 Å². The van der Waals surface area contributed by atoms with Gasteiger partial charge in [-0.2, -0.15) is 0 Å². The zero-order chi connectivity index (χ0) is 34.4. The Bertz CT molecular complexity index is 1810. The summed E-state index contributed by atoms with van der Waals surface area (Å²) in [5.41, 5.74) is 8.69. The molecule has 6 rings (SSSR count). The highest BCUT2D eigenvalue weighted by Crippen LogP contribution is 2.50. The molecule has 6 heteroatoms. The average molecular weight is 775 g/mol. The van der Waals surface area contributed by atoms with E-state index in [0.29, 0.717) is 0 Å². The highest BCUT2D eigenvalue weighted by Gasteiger charge is 2.21. The largest absolute Gasteiger partial charge is 0.144 e. The van der Waals surface area contributed by atoms with Crippen LogP contribution in [0.5, 0.6) is 0 Å². The first-order valence-electron chi connectivity index (χ1n) is 19.2. The SMILES string of the molecule is CCCCCCCCCCc1ccsc1-c1csc(-c2ccsc2-c2ccsc2-c2sccc2-c2sccc2CCCCCCCCCC)c1. The molecule has 0 radical (unpaired) electrons. The summed E-state index contributed by atoms with van der Waals surface area (Å²) in [6.07, 6.45) is 24.4. The molecule has 0 aliphatic rings. The zero-order valence-electron chi connectivity index (χ0n) is 30.1. The fourth-order valence-electron chi connectivity index (χ4n) is 7.09. The second-order valence-corrected chi connectivity index (χ2v) is 19.2. The minimum Gasteiger partial charge on any atom is -0.144 e. The number of rotatable bonds is 23. The molecule has 0 N–H and O–H groups in total. The van der Waals surface area contributed by atoms with Gasteiger partial charge >= 0.3 is 0 Å². The predicted octanol–water partition coefficient (Wildman–Crippen LogP) is 17.8. The fraction of sp³-hybridized carbons (Fsp3) is 0.455. The molecule has 6 aromatic rings. The van der Waals surface area contributed by atoms with Crippen LogP contribution in [0, 0.1) is 0 Å². The van der Waals surface area contributed by atoms with E-state index in [9.17, 15) is 0 Å². The molecule has 0 fully saturated rings. The Morgan fingerprint density at radius 1 is 0.380 bits per heavy atom. The fourth-order valence-corrected chi connectivity index (χ4v) is 13.2. The van der Waals surface area contributed by atoms with Crippen molar-refractivity contribution in [3.63, 3.8) is 0 Å². The Morgan fingerprint density at radius 2 is 0.800 bits per heavy atom. The van der Waals surface area contributed by atoms with Crippen LogP contribution in [0.3, 0.4) is 0 Å². The highest BCUT2D eigenvalue weighted by molar-refractivity contribution is 7.23. The van der Waals surface area contributed by atoms with Gasteiger partial charge in [-0.3, -0.25) is 0 Å². The third-order valence-corrected chi connectivity index (χ3v) is 15.8. The van der Waals surface area contributed by atoms with Crippen molar-refractivity contribution in [2.45, 2.75) is 129 Å². The molecule has 0 amide bonds. The van der Waals surface area contributed by atoms with E-state index < -0.39 is 0 Å².